The Morgan fingerprint density at radius 2 is 1.42 bits per heavy atom. The fourth-order valence-electron chi connectivity index (χ4n) is 8.15. The number of carbonyl (C=O) groups excluding carboxylic acids is 7. The Morgan fingerprint density at radius 3 is 2.03 bits per heavy atom. The third kappa shape index (κ3) is 18.0. The topological polar surface area (TPSA) is 337 Å². The van der Waals surface area contributed by atoms with Crippen LogP contribution in [0.3, 0.4) is 0 Å². The molecular weight excluding hydrogens is 950 g/mol. The van der Waals surface area contributed by atoms with Crippen LogP contribution in [0.15, 0.2) is 72.1 Å². The van der Waals surface area contributed by atoms with E-state index in [1.807, 2.05) is 6.92 Å². The number of benzene rings is 2. The zero-order valence-electron chi connectivity index (χ0n) is 41.4. The zero-order chi connectivity index (χ0) is 52.9. The molecule has 2 heterocycles. The number of likely N-dealkylation sites (tertiary alicyclic amines) is 1. The summed E-state index contributed by atoms with van der Waals surface area (Å²) < 4.78 is 0. The third-order valence-corrected chi connectivity index (χ3v) is 12.5. The molecule has 7 amide bonds. The summed E-state index contributed by atoms with van der Waals surface area (Å²) in [5.74, 6) is -6.96. The number of carboxylic acid groups (broad SMARTS) is 1. The summed E-state index contributed by atoms with van der Waals surface area (Å²) in [5, 5.41) is 29.6. The van der Waals surface area contributed by atoms with Crippen molar-refractivity contribution in [3.8, 4) is 0 Å². The van der Waals surface area contributed by atoms with Crippen molar-refractivity contribution in [2.45, 2.75) is 121 Å². The molecule has 1 saturated heterocycles. The predicted molar refractivity (Wildman–Crippen MR) is 270 cm³/mol. The van der Waals surface area contributed by atoms with Gasteiger partial charge in [-0.25, -0.2) is 9.78 Å². The van der Waals surface area contributed by atoms with Crippen LogP contribution in [0.1, 0.15) is 76.6 Å². The second-order valence-corrected chi connectivity index (χ2v) is 18.7. The van der Waals surface area contributed by atoms with Crippen molar-refractivity contribution in [1.29, 1.82) is 0 Å². The molecule has 1 aromatic heterocycles. The number of nitrogens with zero attached hydrogens (tertiary/aromatic N) is 3. The number of aliphatic carboxylic acids is 1. The quantitative estimate of drug-likeness (QED) is 0.0261. The molecule has 13 N–H and O–H groups in total. The number of amides is 7. The smallest absolute Gasteiger partial charge is 0.326 e. The van der Waals surface area contributed by atoms with E-state index in [0.717, 1.165) is 0 Å². The van der Waals surface area contributed by atoms with Gasteiger partial charge in [-0.2, -0.15) is 0 Å². The lowest BCUT2D eigenvalue weighted by atomic mass is 9.96. The molecule has 0 spiro atoms. The fraction of sp³-hybridized carbons (Fsp3) is 0.510. The van der Waals surface area contributed by atoms with E-state index in [1.165, 1.54) is 17.4 Å². The van der Waals surface area contributed by atoms with Gasteiger partial charge in [0.25, 0.3) is 0 Å². The van der Waals surface area contributed by atoms with Gasteiger partial charge in [-0.05, 0) is 67.8 Å². The number of aromatic nitrogens is 2. The summed E-state index contributed by atoms with van der Waals surface area (Å²) >= 11 is 6.18. The maximum absolute atomic E-state index is 14.6. The van der Waals surface area contributed by atoms with Gasteiger partial charge in [0.2, 0.25) is 41.4 Å². The molecule has 1 aliphatic rings. The van der Waals surface area contributed by atoms with Crippen molar-refractivity contribution in [3.05, 3.63) is 89.0 Å². The van der Waals surface area contributed by atoms with Crippen LogP contribution in [0.5, 0.6) is 0 Å². The summed E-state index contributed by atoms with van der Waals surface area (Å²) in [6, 6.07) is 7.02. The van der Waals surface area contributed by atoms with Crippen LogP contribution in [0.2, 0.25) is 5.02 Å². The Bertz CT molecular complexity index is 2310. The van der Waals surface area contributed by atoms with Gasteiger partial charge in [-0.1, -0.05) is 88.2 Å². The van der Waals surface area contributed by atoms with Crippen LogP contribution in [0.25, 0.3) is 0 Å². The monoisotopic (exact) mass is 1020 g/mol. The summed E-state index contributed by atoms with van der Waals surface area (Å²) in [5.41, 5.74) is 12.7. The molecule has 0 radical (unpaired) electrons. The highest BCUT2D eigenvalue weighted by Gasteiger charge is 2.41. The maximum Gasteiger partial charge on any atom is 0.326 e. The van der Waals surface area contributed by atoms with Gasteiger partial charge in [0.05, 0.1) is 12.9 Å². The minimum atomic E-state index is -1.32. The van der Waals surface area contributed by atoms with Crippen molar-refractivity contribution >= 4 is 64.9 Å². The van der Waals surface area contributed by atoms with Crippen molar-refractivity contribution < 1.29 is 43.5 Å². The second kappa shape index (κ2) is 28.7. The maximum atomic E-state index is 14.6. The largest absolute Gasteiger partial charge is 0.480 e. The summed E-state index contributed by atoms with van der Waals surface area (Å²) in [6.07, 6.45) is 4.32. The molecule has 392 valence electrons. The van der Waals surface area contributed by atoms with Crippen molar-refractivity contribution in [1.82, 2.24) is 52.1 Å². The van der Waals surface area contributed by atoms with Crippen LogP contribution in [-0.2, 0) is 57.6 Å². The molecule has 2 aromatic carbocycles. The third-order valence-electron chi connectivity index (χ3n) is 12.3. The van der Waals surface area contributed by atoms with Gasteiger partial charge in [-0.3, -0.25) is 38.6 Å². The zero-order valence-corrected chi connectivity index (χ0v) is 42.2. The first-order valence-electron chi connectivity index (χ1n) is 24.1. The first-order chi connectivity index (χ1) is 34.3. The predicted octanol–water partition coefficient (Wildman–Crippen LogP) is 0.0505. The molecule has 1 aliphatic heterocycles. The number of carboxylic acids is 1. The first kappa shape index (κ1) is 57.5. The molecule has 23 heteroatoms. The Morgan fingerprint density at radius 1 is 0.792 bits per heavy atom. The first-order valence-corrected chi connectivity index (χ1v) is 24.5. The molecular formula is C49H70ClN13O9. The van der Waals surface area contributed by atoms with Crippen LogP contribution in [-0.4, -0.2) is 142 Å². The fourth-order valence-corrected chi connectivity index (χ4v) is 8.27. The average molecular weight is 1020 g/mol. The highest BCUT2D eigenvalue weighted by atomic mass is 35.5. The molecule has 8 atom stereocenters. The average Bonchev–Trinajstić information content (AvgIpc) is 4.06. The molecule has 72 heavy (non-hydrogen) atoms. The molecule has 0 bridgehead atoms. The Hall–Kier alpha value is -7.07. The van der Waals surface area contributed by atoms with Gasteiger partial charge in [0.15, 0.2) is 5.96 Å². The van der Waals surface area contributed by atoms with Crippen LogP contribution >= 0.6 is 11.6 Å². The highest BCUT2D eigenvalue weighted by molar-refractivity contribution is 6.30. The lowest BCUT2D eigenvalue weighted by Gasteiger charge is -2.32. The molecule has 22 nitrogen and oxygen atoms in total. The number of halogens is 1. The normalized spacial score (nSPS) is 16.2. The SMILES string of the molecule is CC[C@H](C)[C@H](NC(=O)[C@H](Cc1ccc(Cl)cc1)NC(=O)[C@@H](NC(=O)[C@H](CCCN=C(N)N)NC(=O)CNC)C(C)C)C(=O)N[C@@H](Cc1cnc[nH]1)C(=O)N1CCC[C@H]1C(=O)N[C@@H](Cc1ccccc1)C(=O)O. The number of hydrogen-bond donors (Lipinski definition) is 11. The van der Waals surface area contributed by atoms with E-state index >= 15 is 0 Å². The lowest BCUT2D eigenvalue weighted by Crippen LogP contribution is -2.62. The van der Waals surface area contributed by atoms with E-state index in [4.69, 9.17) is 23.1 Å². The van der Waals surface area contributed by atoms with Gasteiger partial charge in [-0.15, -0.1) is 0 Å². The summed E-state index contributed by atoms with van der Waals surface area (Å²) in [7, 11) is 1.57. The number of aromatic amines is 1. The van der Waals surface area contributed by atoms with E-state index in [-0.39, 0.29) is 57.7 Å². The summed E-state index contributed by atoms with van der Waals surface area (Å²) in [6.45, 7) is 7.23. The molecule has 1 fully saturated rings. The molecule has 0 aliphatic carbocycles. The van der Waals surface area contributed by atoms with Gasteiger partial charge in [0, 0.05) is 49.3 Å². The Kier molecular flexibility index (Phi) is 22.9. The van der Waals surface area contributed by atoms with E-state index in [2.05, 4.69) is 52.2 Å². The number of aliphatic imine (C=N–C) groups is 1. The number of nitrogens with one attached hydrogen (secondary N) is 8. The number of imidazole rings is 1. The second-order valence-electron chi connectivity index (χ2n) is 18.2. The van der Waals surface area contributed by atoms with E-state index in [0.29, 0.717) is 41.1 Å². The Balaban J connectivity index is 1.58. The van der Waals surface area contributed by atoms with Gasteiger partial charge in [0.1, 0.15) is 42.3 Å². The Labute approximate surface area is 424 Å². The molecule has 0 unspecified atom stereocenters. The molecule has 3 aromatic rings. The number of rotatable bonds is 28. The highest BCUT2D eigenvalue weighted by Crippen LogP contribution is 2.21. The lowest BCUT2D eigenvalue weighted by molar-refractivity contribution is -0.145. The molecule has 0 saturated carbocycles. The number of nitrogens with two attached hydrogens (primary N) is 2. The molecule has 4 rings (SSSR count). The van der Waals surface area contributed by atoms with Crippen molar-refractivity contribution in [3.63, 3.8) is 0 Å². The number of likely N-dealkylation sites (N-methyl/N-ethyl adjacent to an activating group) is 1. The van der Waals surface area contributed by atoms with E-state index in [9.17, 15) is 43.5 Å². The van der Waals surface area contributed by atoms with E-state index in [1.54, 1.807) is 82.4 Å². The van der Waals surface area contributed by atoms with Gasteiger partial charge >= 0.3 is 5.97 Å². The van der Waals surface area contributed by atoms with Gasteiger partial charge < -0.3 is 63.7 Å². The minimum absolute atomic E-state index is 0.0192. The van der Waals surface area contributed by atoms with Crippen LogP contribution in [0.4, 0.5) is 0 Å². The number of H-pyrrole nitrogens is 1. The standard InChI is InChI=1S/C49H70ClN13O9/c1-6-29(4)41(46(69)59-36(24-33-25-54-27-56-33)47(70)63-21-11-15-38(63)44(67)60-37(48(71)72)23-30-12-8-7-9-13-30)62-43(66)35(22-31-16-18-32(50)19-17-31)58-45(68)40(28(2)3)61-42(65)34(57-39(64)26-53-5)14-10-20-55-49(51)52/h7-9,12-13,16-19,25,27-29,34-38,40-41,53H,6,10-11,14-15,20-24,26H2,1-5H3,(H,54,56)(H,57,64)(H,58,68)(H,59,69)(H,60,67)(H,61,65)(H,62,66)(H,71,72)(H4,51,52,55)/t29-,34-,35-,36-,37-,38-,40-,41-/m0/s1. The minimum Gasteiger partial charge on any atom is -0.480 e. The van der Waals surface area contributed by atoms with Crippen molar-refractivity contribution in [2.24, 2.45) is 28.3 Å². The number of hydrogen-bond acceptors (Lipinski definition) is 11. The summed E-state index contributed by atoms with van der Waals surface area (Å²) in [4.78, 5) is 123. The van der Waals surface area contributed by atoms with Crippen LogP contribution < -0.4 is 48.7 Å². The number of guanidine groups is 1. The van der Waals surface area contributed by atoms with Crippen LogP contribution in [0, 0.1) is 11.8 Å². The number of carbonyl (C=O) groups is 8. The van der Waals surface area contributed by atoms with E-state index < -0.39 is 101 Å². The van der Waals surface area contributed by atoms with Crippen molar-refractivity contribution in [2.75, 3.05) is 26.7 Å².